The molecule has 0 spiro atoms. The lowest BCUT2D eigenvalue weighted by atomic mass is 9.96. The van der Waals surface area contributed by atoms with E-state index in [4.69, 9.17) is 15.5 Å². The van der Waals surface area contributed by atoms with Crippen LogP contribution in [-0.2, 0) is 9.53 Å². The van der Waals surface area contributed by atoms with Crippen molar-refractivity contribution < 1.29 is 9.53 Å². The normalized spacial score (nSPS) is 17.2. The molecule has 1 saturated heterocycles. The van der Waals surface area contributed by atoms with E-state index in [2.05, 4.69) is 15.5 Å². The van der Waals surface area contributed by atoms with Gasteiger partial charge in [-0.1, -0.05) is 30.3 Å². The highest BCUT2D eigenvalue weighted by atomic mass is 16.5. The van der Waals surface area contributed by atoms with Gasteiger partial charge in [0.05, 0.1) is 24.7 Å². The average Bonchev–Trinajstić information content (AvgIpc) is 3.48. The van der Waals surface area contributed by atoms with Gasteiger partial charge in [0.15, 0.2) is 11.7 Å². The summed E-state index contributed by atoms with van der Waals surface area (Å²) in [4.78, 5) is 17.7. The number of carbonyl (C=O) groups excluding carboxylic acids is 1. The first-order valence-corrected chi connectivity index (χ1v) is 11.3. The predicted octanol–water partition coefficient (Wildman–Crippen LogP) is 2.79. The minimum absolute atomic E-state index is 0.298. The van der Waals surface area contributed by atoms with Crippen LogP contribution in [0, 0.1) is 0 Å². The maximum Gasteiger partial charge on any atom is 0.335 e. The van der Waals surface area contributed by atoms with Crippen LogP contribution in [0.2, 0.25) is 0 Å². The second-order valence-corrected chi connectivity index (χ2v) is 8.22. The predicted molar refractivity (Wildman–Crippen MR) is 125 cm³/mol. The maximum atomic E-state index is 12.8. The highest BCUT2D eigenvalue weighted by Crippen LogP contribution is 2.30. The van der Waals surface area contributed by atoms with Gasteiger partial charge in [-0.15, -0.1) is 0 Å². The van der Waals surface area contributed by atoms with Gasteiger partial charge < -0.3 is 15.8 Å². The van der Waals surface area contributed by atoms with Crippen LogP contribution >= 0.6 is 0 Å². The van der Waals surface area contributed by atoms with Gasteiger partial charge in [-0.05, 0) is 31.9 Å². The van der Waals surface area contributed by atoms with E-state index < -0.39 is 6.04 Å². The van der Waals surface area contributed by atoms with E-state index >= 15 is 0 Å². The molecule has 0 aliphatic carbocycles. The molecular weight excluding hydrogens is 418 g/mol. The van der Waals surface area contributed by atoms with E-state index in [-0.39, 0.29) is 5.97 Å². The molecule has 3 aromatic heterocycles. The molecule has 0 amide bonds. The first-order chi connectivity index (χ1) is 16.2. The van der Waals surface area contributed by atoms with Gasteiger partial charge >= 0.3 is 5.97 Å². The number of nitrogens with zero attached hydrogens (tertiary/aromatic N) is 5. The van der Waals surface area contributed by atoms with Crippen LogP contribution in [0.5, 0.6) is 0 Å². The van der Waals surface area contributed by atoms with Gasteiger partial charge in [-0.2, -0.15) is 14.7 Å². The molecule has 0 bridgehead atoms. The van der Waals surface area contributed by atoms with Crippen LogP contribution in [0.1, 0.15) is 43.0 Å². The Kier molecular flexibility index (Phi) is 5.78. The van der Waals surface area contributed by atoms with Gasteiger partial charge in [-0.3, -0.25) is 4.68 Å². The molecule has 33 heavy (non-hydrogen) atoms. The Labute approximate surface area is 191 Å². The summed E-state index contributed by atoms with van der Waals surface area (Å²) in [5.74, 6) is 0.517. The lowest BCUT2D eigenvalue weighted by molar-refractivity contribution is -0.146. The Bertz CT molecular complexity index is 1260. The molecule has 0 saturated carbocycles. The third-order valence-electron chi connectivity index (χ3n) is 6.04. The summed E-state index contributed by atoms with van der Waals surface area (Å²) in [6.45, 7) is 4.02. The van der Waals surface area contributed by atoms with E-state index in [1.165, 1.54) is 0 Å². The number of rotatable bonds is 6. The van der Waals surface area contributed by atoms with E-state index in [0.717, 1.165) is 48.3 Å². The highest BCUT2D eigenvalue weighted by Gasteiger charge is 2.26. The summed E-state index contributed by atoms with van der Waals surface area (Å²) in [6, 6.07) is 10.7. The van der Waals surface area contributed by atoms with Crippen molar-refractivity contribution in [1.29, 1.82) is 0 Å². The molecule has 4 heterocycles. The van der Waals surface area contributed by atoms with Crippen molar-refractivity contribution in [1.82, 2.24) is 29.7 Å². The molecule has 5 rings (SSSR count). The molecule has 1 fully saturated rings. The van der Waals surface area contributed by atoms with Crippen molar-refractivity contribution in [2.75, 3.05) is 25.4 Å². The molecule has 0 radical (unpaired) electrons. The maximum absolute atomic E-state index is 12.8. The van der Waals surface area contributed by atoms with Crippen molar-refractivity contribution in [3.8, 4) is 11.1 Å². The summed E-state index contributed by atoms with van der Waals surface area (Å²) in [6.07, 6.45) is 7.49. The van der Waals surface area contributed by atoms with Gasteiger partial charge in [0.2, 0.25) is 0 Å². The molecular formula is C24H27N7O2. The Hall–Kier alpha value is -3.72. The highest BCUT2D eigenvalue weighted by molar-refractivity contribution is 5.80. The fraction of sp³-hybridized carbons (Fsp3) is 0.333. The summed E-state index contributed by atoms with van der Waals surface area (Å²) in [5, 5.41) is 12.4. The third-order valence-corrected chi connectivity index (χ3v) is 6.04. The molecule has 2 atom stereocenters. The fourth-order valence-corrected chi connectivity index (χ4v) is 4.39. The van der Waals surface area contributed by atoms with Crippen molar-refractivity contribution in [3.63, 3.8) is 0 Å². The Balaban J connectivity index is 1.54. The van der Waals surface area contributed by atoms with E-state index in [9.17, 15) is 4.79 Å². The molecule has 4 aromatic rings. The largest absolute Gasteiger partial charge is 0.464 e. The zero-order valence-electron chi connectivity index (χ0n) is 18.5. The van der Waals surface area contributed by atoms with Crippen LogP contribution in [0.15, 0.2) is 55.0 Å². The third kappa shape index (κ3) is 4.07. The molecule has 9 heteroatoms. The number of piperidine rings is 1. The van der Waals surface area contributed by atoms with Crippen LogP contribution in [0.3, 0.4) is 0 Å². The first-order valence-electron chi connectivity index (χ1n) is 11.3. The fourth-order valence-electron chi connectivity index (χ4n) is 4.39. The minimum atomic E-state index is -0.677. The van der Waals surface area contributed by atoms with E-state index in [0.29, 0.717) is 24.0 Å². The quantitative estimate of drug-likeness (QED) is 0.439. The van der Waals surface area contributed by atoms with Crippen LogP contribution in [0.4, 0.5) is 5.82 Å². The number of nitrogen functional groups attached to an aromatic ring is 1. The molecule has 9 nitrogen and oxygen atoms in total. The van der Waals surface area contributed by atoms with Crippen molar-refractivity contribution >= 4 is 17.4 Å². The topological polar surface area (TPSA) is 112 Å². The lowest BCUT2D eigenvalue weighted by Gasteiger charge is -2.22. The number of carbonyl (C=O) groups is 1. The number of hydrogen-bond donors (Lipinski definition) is 2. The molecule has 170 valence electrons. The number of nitrogens with two attached hydrogens (primary N) is 1. The van der Waals surface area contributed by atoms with Crippen molar-refractivity contribution in [2.45, 2.75) is 31.7 Å². The molecule has 1 aromatic carbocycles. The number of ether oxygens (including phenoxy) is 1. The monoisotopic (exact) mass is 445 g/mol. The number of benzene rings is 1. The summed E-state index contributed by atoms with van der Waals surface area (Å²) < 4.78 is 8.61. The standard InChI is InChI=1S/C24H27N7O2/c1-2-33-24(32)22(16-7-4-3-5-8-16)30-15-18(13-27-30)19-14-28-31-21(25)11-20(29-23(19)31)17-9-6-10-26-12-17/h3-5,7-8,11,13-15,17,22,26H,2,6,9-10,12,25H2,1H3. The molecule has 1 aliphatic rings. The molecule has 3 N–H and O–H groups in total. The number of esters is 1. The van der Waals surface area contributed by atoms with Gasteiger partial charge in [0.25, 0.3) is 0 Å². The van der Waals surface area contributed by atoms with Crippen molar-refractivity contribution in [2.24, 2.45) is 0 Å². The number of nitrogens with one attached hydrogen (secondary N) is 1. The zero-order valence-corrected chi connectivity index (χ0v) is 18.5. The lowest BCUT2D eigenvalue weighted by Crippen LogP contribution is -2.29. The summed E-state index contributed by atoms with van der Waals surface area (Å²) in [7, 11) is 0. The Morgan fingerprint density at radius 2 is 2.12 bits per heavy atom. The Morgan fingerprint density at radius 3 is 2.88 bits per heavy atom. The molecule has 1 aliphatic heterocycles. The number of anilines is 1. The van der Waals surface area contributed by atoms with Crippen LogP contribution < -0.4 is 11.1 Å². The zero-order chi connectivity index (χ0) is 22.8. The van der Waals surface area contributed by atoms with Crippen LogP contribution in [0.25, 0.3) is 16.8 Å². The number of fused-ring (bicyclic) bond motifs is 1. The first kappa shape index (κ1) is 21.1. The van der Waals surface area contributed by atoms with E-state index in [1.54, 1.807) is 28.5 Å². The van der Waals surface area contributed by atoms with Crippen LogP contribution in [-0.4, -0.2) is 50.0 Å². The van der Waals surface area contributed by atoms with Gasteiger partial charge in [0, 0.05) is 35.9 Å². The SMILES string of the molecule is CCOC(=O)C(c1ccccc1)n1cc(-c2cnn3c(N)cc(C4CCCNC4)nc23)cn1. The van der Waals surface area contributed by atoms with Gasteiger partial charge in [-0.25, -0.2) is 9.78 Å². The Morgan fingerprint density at radius 1 is 1.27 bits per heavy atom. The minimum Gasteiger partial charge on any atom is -0.464 e. The second kappa shape index (κ2) is 9.03. The summed E-state index contributed by atoms with van der Waals surface area (Å²) in [5.41, 5.74) is 10.4. The summed E-state index contributed by atoms with van der Waals surface area (Å²) >= 11 is 0. The smallest absolute Gasteiger partial charge is 0.335 e. The second-order valence-electron chi connectivity index (χ2n) is 8.22. The molecule has 2 unspecified atom stereocenters. The van der Waals surface area contributed by atoms with E-state index in [1.807, 2.05) is 42.6 Å². The average molecular weight is 446 g/mol. The van der Waals surface area contributed by atoms with Crippen molar-refractivity contribution in [3.05, 3.63) is 66.2 Å². The van der Waals surface area contributed by atoms with Gasteiger partial charge in [0.1, 0.15) is 5.82 Å². The number of hydrogen-bond acceptors (Lipinski definition) is 7. The number of aromatic nitrogens is 5.